The molecule has 1 aliphatic carbocycles. The zero-order valence-corrected chi connectivity index (χ0v) is 14.2. The van der Waals surface area contributed by atoms with Gasteiger partial charge in [-0.05, 0) is 62.4 Å². The molecule has 1 aromatic carbocycles. The Hall–Kier alpha value is -1.26. The summed E-state index contributed by atoms with van der Waals surface area (Å²) in [4.78, 5) is 14.2. The zero-order chi connectivity index (χ0) is 16.1. The molecule has 1 aliphatic heterocycles. The van der Waals surface area contributed by atoms with Gasteiger partial charge in [0.15, 0.2) is 0 Å². The molecule has 126 valence electrons. The van der Waals surface area contributed by atoms with Gasteiger partial charge < -0.3 is 15.0 Å². The zero-order valence-electron chi connectivity index (χ0n) is 13.5. The van der Waals surface area contributed by atoms with Gasteiger partial charge in [0.2, 0.25) is 5.91 Å². The average molecular weight is 337 g/mol. The molecule has 0 radical (unpaired) electrons. The minimum absolute atomic E-state index is 0.194. The lowest BCUT2D eigenvalue weighted by molar-refractivity contribution is -0.132. The monoisotopic (exact) mass is 336 g/mol. The molecule has 2 fully saturated rings. The molecule has 1 saturated heterocycles. The number of hydrogen-bond acceptors (Lipinski definition) is 3. The van der Waals surface area contributed by atoms with E-state index in [9.17, 15) is 4.79 Å². The van der Waals surface area contributed by atoms with Gasteiger partial charge in [-0.15, -0.1) is 0 Å². The van der Waals surface area contributed by atoms with Gasteiger partial charge in [0, 0.05) is 24.2 Å². The van der Waals surface area contributed by atoms with E-state index in [-0.39, 0.29) is 5.91 Å². The highest BCUT2D eigenvalue weighted by Crippen LogP contribution is 2.28. The molecule has 1 N–H and O–H groups in total. The highest BCUT2D eigenvalue weighted by Gasteiger charge is 2.25. The Morgan fingerprint density at radius 2 is 1.87 bits per heavy atom. The number of carbonyl (C=O) groups is 1. The summed E-state index contributed by atoms with van der Waals surface area (Å²) in [5, 5.41) is 4.33. The first kappa shape index (κ1) is 16.6. The van der Waals surface area contributed by atoms with Crippen LogP contribution in [0.15, 0.2) is 24.3 Å². The van der Waals surface area contributed by atoms with Crippen molar-refractivity contribution >= 4 is 17.5 Å². The third-order valence-corrected chi connectivity index (χ3v) is 4.89. The lowest BCUT2D eigenvalue weighted by Crippen LogP contribution is -2.45. The number of nitrogens with one attached hydrogen (secondary N) is 1. The first-order valence-corrected chi connectivity index (χ1v) is 8.98. The summed E-state index contributed by atoms with van der Waals surface area (Å²) in [5.74, 6) is 1.87. The Morgan fingerprint density at radius 3 is 2.52 bits per heavy atom. The van der Waals surface area contributed by atoms with Crippen LogP contribution in [0.4, 0.5) is 0 Å². The molecule has 1 amide bonds. The fourth-order valence-electron chi connectivity index (χ4n) is 2.93. The second-order valence-corrected chi connectivity index (χ2v) is 7.00. The summed E-state index contributed by atoms with van der Waals surface area (Å²) < 4.78 is 5.60. The molecule has 0 unspecified atom stereocenters. The topological polar surface area (TPSA) is 41.6 Å². The van der Waals surface area contributed by atoms with Crippen LogP contribution in [0.3, 0.4) is 0 Å². The standard InChI is InChI=1S/C18H25ClN2O2/c19-15-3-5-17(6-4-15)23-12-9-18(22)21-10-7-16(8-11-21)20-13-14-1-2-14/h3-6,14,16,20H,1-2,7-13H2. The van der Waals surface area contributed by atoms with Crippen molar-refractivity contribution in [2.24, 2.45) is 5.92 Å². The Morgan fingerprint density at radius 1 is 1.17 bits per heavy atom. The van der Waals surface area contributed by atoms with Crippen LogP contribution < -0.4 is 10.1 Å². The molecule has 23 heavy (non-hydrogen) atoms. The molecule has 0 bridgehead atoms. The Kier molecular flexibility index (Phi) is 5.79. The number of ether oxygens (including phenoxy) is 1. The van der Waals surface area contributed by atoms with E-state index in [0.29, 0.717) is 24.1 Å². The summed E-state index contributed by atoms with van der Waals surface area (Å²) >= 11 is 5.83. The van der Waals surface area contributed by atoms with E-state index in [1.165, 1.54) is 12.8 Å². The third-order valence-electron chi connectivity index (χ3n) is 4.64. The van der Waals surface area contributed by atoms with Gasteiger partial charge in [0.1, 0.15) is 5.75 Å². The summed E-state index contributed by atoms with van der Waals surface area (Å²) in [6, 6.07) is 7.81. The normalized spacial score (nSPS) is 18.9. The van der Waals surface area contributed by atoms with Crippen molar-refractivity contribution in [1.29, 1.82) is 0 Å². The quantitative estimate of drug-likeness (QED) is 0.832. The lowest BCUT2D eigenvalue weighted by Gasteiger charge is -2.32. The van der Waals surface area contributed by atoms with E-state index in [1.54, 1.807) is 12.1 Å². The molecular weight excluding hydrogens is 312 g/mol. The highest BCUT2D eigenvalue weighted by molar-refractivity contribution is 6.30. The van der Waals surface area contributed by atoms with E-state index >= 15 is 0 Å². The number of likely N-dealkylation sites (tertiary alicyclic amines) is 1. The molecule has 5 heteroatoms. The molecule has 0 aromatic heterocycles. The number of amides is 1. The average Bonchev–Trinajstić information content (AvgIpc) is 3.39. The van der Waals surface area contributed by atoms with Gasteiger partial charge in [-0.25, -0.2) is 0 Å². The fraction of sp³-hybridized carbons (Fsp3) is 0.611. The Labute approximate surface area is 143 Å². The van der Waals surface area contributed by atoms with Crippen LogP contribution in [0.25, 0.3) is 0 Å². The number of carbonyl (C=O) groups excluding carboxylic acids is 1. The largest absolute Gasteiger partial charge is 0.493 e. The molecule has 4 nitrogen and oxygen atoms in total. The highest BCUT2D eigenvalue weighted by atomic mass is 35.5. The second kappa shape index (κ2) is 8.02. The van der Waals surface area contributed by atoms with E-state index in [2.05, 4.69) is 5.32 Å². The predicted molar refractivity (Wildman–Crippen MR) is 91.9 cm³/mol. The van der Waals surface area contributed by atoms with Crippen molar-refractivity contribution in [3.63, 3.8) is 0 Å². The Bertz CT molecular complexity index is 508. The molecule has 2 aliphatic rings. The number of rotatable bonds is 7. The van der Waals surface area contributed by atoms with Crippen molar-refractivity contribution in [2.45, 2.75) is 38.1 Å². The van der Waals surface area contributed by atoms with E-state index in [4.69, 9.17) is 16.3 Å². The van der Waals surface area contributed by atoms with Gasteiger partial charge in [-0.3, -0.25) is 4.79 Å². The van der Waals surface area contributed by atoms with E-state index in [1.807, 2.05) is 17.0 Å². The minimum atomic E-state index is 0.194. The van der Waals surface area contributed by atoms with Gasteiger partial charge in [-0.1, -0.05) is 11.6 Å². The smallest absolute Gasteiger partial charge is 0.225 e. The summed E-state index contributed by atoms with van der Waals surface area (Å²) in [6.07, 6.45) is 5.34. The molecule has 1 heterocycles. The number of nitrogens with zero attached hydrogens (tertiary/aromatic N) is 1. The van der Waals surface area contributed by atoms with Crippen LogP contribution in [0.1, 0.15) is 32.1 Å². The Balaban J connectivity index is 1.31. The van der Waals surface area contributed by atoms with Crippen molar-refractivity contribution in [3.05, 3.63) is 29.3 Å². The van der Waals surface area contributed by atoms with Crippen LogP contribution in [0.2, 0.25) is 5.02 Å². The second-order valence-electron chi connectivity index (χ2n) is 6.56. The van der Waals surface area contributed by atoms with Gasteiger partial charge >= 0.3 is 0 Å². The molecule has 0 atom stereocenters. The first-order valence-electron chi connectivity index (χ1n) is 8.60. The molecule has 1 saturated carbocycles. The summed E-state index contributed by atoms with van der Waals surface area (Å²) in [5.41, 5.74) is 0. The van der Waals surface area contributed by atoms with Crippen LogP contribution in [0, 0.1) is 5.92 Å². The maximum atomic E-state index is 12.2. The number of halogens is 1. The van der Waals surface area contributed by atoms with Crippen LogP contribution in [0.5, 0.6) is 5.75 Å². The summed E-state index contributed by atoms with van der Waals surface area (Å²) in [6.45, 7) is 3.30. The number of benzene rings is 1. The van der Waals surface area contributed by atoms with Gasteiger partial charge in [0.25, 0.3) is 0 Å². The summed E-state index contributed by atoms with van der Waals surface area (Å²) in [7, 11) is 0. The third kappa shape index (κ3) is 5.40. The SMILES string of the molecule is O=C(CCOc1ccc(Cl)cc1)N1CCC(NCC2CC2)CC1. The molecule has 3 rings (SSSR count). The first-order chi connectivity index (χ1) is 11.2. The lowest BCUT2D eigenvalue weighted by atomic mass is 10.0. The number of piperidine rings is 1. The van der Waals surface area contributed by atoms with E-state index < -0.39 is 0 Å². The molecule has 1 aromatic rings. The van der Waals surface area contributed by atoms with Crippen LogP contribution >= 0.6 is 11.6 Å². The minimum Gasteiger partial charge on any atom is -0.493 e. The van der Waals surface area contributed by atoms with Crippen molar-refractivity contribution in [2.75, 3.05) is 26.2 Å². The maximum Gasteiger partial charge on any atom is 0.225 e. The van der Waals surface area contributed by atoms with Gasteiger partial charge in [-0.2, -0.15) is 0 Å². The predicted octanol–water partition coefficient (Wildman–Crippen LogP) is 3.10. The fourth-order valence-corrected chi connectivity index (χ4v) is 3.06. The molecule has 0 spiro atoms. The van der Waals surface area contributed by atoms with Crippen LogP contribution in [-0.2, 0) is 4.79 Å². The van der Waals surface area contributed by atoms with Crippen molar-refractivity contribution in [3.8, 4) is 5.75 Å². The number of hydrogen-bond donors (Lipinski definition) is 1. The van der Waals surface area contributed by atoms with Crippen molar-refractivity contribution in [1.82, 2.24) is 10.2 Å². The molecular formula is C18H25ClN2O2. The van der Waals surface area contributed by atoms with Crippen molar-refractivity contribution < 1.29 is 9.53 Å². The maximum absolute atomic E-state index is 12.2. The van der Waals surface area contributed by atoms with Gasteiger partial charge in [0.05, 0.1) is 13.0 Å². The van der Waals surface area contributed by atoms with E-state index in [0.717, 1.165) is 44.1 Å². The van der Waals surface area contributed by atoms with Crippen LogP contribution in [-0.4, -0.2) is 43.1 Å².